The van der Waals surface area contributed by atoms with Gasteiger partial charge in [0.05, 0.1) is 0 Å². The average Bonchev–Trinajstić information content (AvgIpc) is 2.11. The molecule has 0 radical (unpaired) electrons. The van der Waals surface area contributed by atoms with Gasteiger partial charge in [0.1, 0.15) is 0 Å². The van der Waals surface area contributed by atoms with Crippen LogP contribution in [0.15, 0.2) is 28.4 Å². The molecule has 0 bridgehead atoms. The van der Waals surface area contributed by atoms with E-state index in [9.17, 15) is 0 Å². The van der Waals surface area contributed by atoms with Crippen LogP contribution in [-0.2, 0) is 0 Å². The van der Waals surface area contributed by atoms with Crippen LogP contribution < -0.4 is 0 Å². The van der Waals surface area contributed by atoms with Gasteiger partial charge < -0.3 is 0 Å². The zero-order valence-electron chi connectivity index (χ0n) is 10.3. The fourth-order valence-electron chi connectivity index (χ4n) is 1.26. The molecule has 0 aliphatic heterocycles. The summed E-state index contributed by atoms with van der Waals surface area (Å²) < 4.78 is 0. The highest BCUT2D eigenvalue weighted by atomic mass is 14.7. The Bertz CT molecular complexity index is 242. The van der Waals surface area contributed by atoms with Crippen LogP contribution in [0.4, 0.5) is 0 Å². The van der Waals surface area contributed by atoms with Crippen LogP contribution in [0, 0.1) is 11.8 Å². The minimum absolute atomic E-state index is 0.486. The highest BCUT2D eigenvalue weighted by molar-refractivity contribution is 5.55. The molecular weight excluding hydrogens is 170 g/mol. The summed E-state index contributed by atoms with van der Waals surface area (Å²) in [7, 11) is 0. The first-order valence-corrected chi connectivity index (χ1v) is 5.39. The average molecular weight is 193 g/mol. The van der Waals surface area contributed by atoms with Crippen molar-refractivity contribution in [1.29, 1.82) is 0 Å². The molecule has 1 nitrogen and oxygen atoms in total. The quantitative estimate of drug-likeness (QED) is 0.468. The van der Waals surface area contributed by atoms with Gasteiger partial charge in [0, 0.05) is 11.9 Å². The van der Waals surface area contributed by atoms with Crippen LogP contribution in [0.1, 0.15) is 41.5 Å². The van der Waals surface area contributed by atoms with E-state index in [2.05, 4.69) is 51.8 Å². The summed E-state index contributed by atoms with van der Waals surface area (Å²) in [4.78, 5) is 4.39. The summed E-state index contributed by atoms with van der Waals surface area (Å²) in [6.07, 6.45) is 6.23. The highest BCUT2D eigenvalue weighted by Crippen LogP contribution is 2.18. The molecule has 0 unspecified atom stereocenters. The van der Waals surface area contributed by atoms with E-state index in [4.69, 9.17) is 0 Å². The summed E-state index contributed by atoms with van der Waals surface area (Å²) in [6, 6.07) is 0. The molecule has 0 aromatic rings. The molecule has 0 spiro atoms. The molecule has 0 fully saturated rings. The van der Waals surface area contributed by atoms with Crippen molar-refractivity contribution >= 4 is 6.21 Å². The van der Waals surface area contributed by atoms with Gasteiger partial charge in [-0.2, -0.15) is 0 Å². The number of rotatable bonds is 4. The summed E-state index contributed by atoms with van der Waals surface area (Å²) in [5.41, 5.74) is 2.52. The molecule has 0 aromatic heterocycles. The molecule has 0 saturated heterocycles. The Morgan fingerprint density at radius 2 is 1.57 bits per heavy atom. The molecule has 0 saturated carbocycles. The fourth-order valence-corrected chi connectivity index (χ4v) is 1.26. The van der Waals surface area contributed by atoms with Crippen molar-refractivity contribution in [3.63, 3.8) is 0 Å². The SMILES string of the molecule is CC=N/C(=C\C(=C/C)C(C)C)C(C)C. The minimum Gasteiger partial charge on any atom is -0.266 e. The van der Waals surface area contributed by atoms with Gasteiger partial charge in [-0.05, 0) is 37.3 Å². The zero-order valence-corrected chi connectivity index (χ0v) is 10.3. The van der Waals surface area contributed by atoms with Gasteiger partial charge in [0.25, 0.3) is 0 Å². The van der Waals surface area contributed by atoms with Crippen LogP contribution in [-0.4, -0.2) is 6.21 Å². The summed E-state index contributed by atoms with van der Waals surface area (Å²) in [6.45, 7) is 12.8. The van der Waals surface area contributed by atoms with Gasteiger partial charge in [0.15, 0.2) is 0 Å². The Morgan fingerprint density at radius 1 is 1.00 bits per heavy atom. The lowest BCUT2D eigenvalue weighted by atomic mass is 9.99. The predicted octanol–water partition coefficient (Wildman–Crippen LogP) is 4.22. The maximum Gasteiger partial charge on any atom is 0.0427 e. The Morgan fingerprint density at radius 3 is 1.86 bits per heavy atom. The smallest absolute Gasteiger partial charge is 0.0427 e. The lowest BCUT2D eigenvalue weighted by molar-refractivity contribution is 0.740. The summed E-state index contributed by atoms with van der Waals surface area (Å²) in [5, 5.41) is 0. The second-order valence-electron chi connectivity index (χ2n) is 4.05. The summed E-state index contributed by atoms with van der Waals surface area (Å²) >= 11 is 0. The first-order valence-electron chi connectivity index (χ1n) is 5.39. The monoisotopic (exact) mass is 193 g/mol. The standard InChI is InChI=1S/C13H23N/c1-7-12(10(3)4)9-13(11(5)6)14-8-2/h7-11H,1-6H3/b12-7+,13-9-,14-8?. The molecule has 1 heteroatoms. The van der Waals surface area contributed by atoms with Gasteiger partial charge in [-0.3, -0.25) is 4.99 Å². The van der Waals surface area contributed by atoms with E-state index in [1.54, 1.807) is 0 Å². The maximum absolute atomic E-state index is 4.39. The van der Waals surface area contributed by atoms with Crippen molar-refractivity contribution in [1.82, 2.24) is 0 Å². The van der Waals surface area contributed by atoms with Crippen LogP contribution in [0.5, 0.6) is 0 Å². The molecule has 0 rings (SSSR count). The van der Waals surface area contributed by atoms with E-state index in [0.717, 1.165) is 5.70 Å². The lowest BCUT2D eigenvalue weighted by Gasteiger charge is -2.10. The van der Waals surface area contributed by atoms with Crippen molar-refractivity contribution in [3.05, 3.63) is 23.4 Å². The van der Waals surface area contributed by atoms with Crippen LogP contribution in [0.25, 0.3) is 0 Å². The van der Waals surface area contributed by atoms with E-state index in [1.807, 2.05) is 13.1 Å². The van der Waals surface area contributed by atoms with Crippen LogP contribution in [0.2, 0.25) is 0 Å². The normalized spacial score (nSPS) is 14.9. The van der Waals surface area contributed by atoms with Crippen molar-refractivity contribution in [2.24, 2.45) is 16.8 Å². The fraction of sp³-hybridized carbons (Fsp3) is 0.615. The Balaban J connectivity index is 4.89. The van der Waals surface area contributed by atoms with Gasteiger partial charge >= 0.3 is 0 Å². The molecule has 0 aromatic carbocycles. The largest absolute Gasteiger partial charge is 0.266 e. The number of hydrogen-bond donors (Lipinski definition) is 0. The van der Waals surface area contributed by atoms with E-state index < -0.39 is 0 Å². The second kappa shape index (κ2) is 6.58. The first kappa shape index (κ1) is 13.2. The molecular formula is C13H23N. The van der Waals surface area contributed by atoms with E-state index in [-0.39, 0.29) is 0 Å². The Kier molecular flexibility index (Phi) is 6.18. The number of nitrogens with zero attached hydrogens (tertiary/aromatic N) is 1. The van der Waals surface area contributed by atoms with Crippen molar-refractivity contribution in [2.75, 3.05) is 0 Å². The molecule has 0 N–H and O–H groups in total. The molecule has 0 amide bonds. The number of allylic oxidation sites excluding steroid dienone is 4. The Labute approximate surface area is 88.6 Å². The molecule has 80 valence electrons. The predicted molar refractivity (Wildman–Crippen MR) is 65.7 cm³/mol. The molecule has 0 atom stereocenters. The van der Waals surface area contributed by atoms with E-state index in [0.29, 0.717) is 11.8 Å². The molecule has 14 heavy (non-hydrogen) atoms. The minimum atomic E-state index is 0.486. The molecule has 0 aliphatic rings. The Hall–Kier alpha value is -0.850. The van der Waals surface area contributed by atoms with E-state index >= 15 is 0 Å². The molecule has 0 aliphatic carbocycles. The van der Waals surface area contributed by atoms with E-state index in [1.165, 1.54) is 5.57 Å². The van der Waals surface area contributed by atoms with Crippen LogP contribution >= 0.6 is 0 Å². The third-order valence-corrected chi connectivity index (χ3v) is 2.18. The topological polar surface area (TPSA) is 12.4 Å². The first-order chi connectivity index (χ1) is 6.52. The van der Waals surface area contributed by atoms with Crippen molar-refractivity contribution < 1.29 is 0 Å². The van der Waals surface area contributed by atoms with Crippen molar-refractivity contribution in [3.8, 4) is 0 Å². The van der Waals surface area contributed by atoms with Gasteiger partial charge in [-0.15, -0.1) is 0 Å². The number of hydrogen-bond acceptors (Lipinski definition) is 1. The highest BCUT2D eigenvalue weighted by Gasteiger charge is 2.04. The van der Waals surface area contributed by atoms with Crippen LogP contribution in [0.3, 0.4) is 0 Å². The van der Waals surface area contributed by atoms with Gasteiger partial charge in [-0.25, -0.2) is 0 Å². The van der Waals surface area contributed by atoms with Gasteiger partial charge in [-0.1, -0.05) is 33.8 Å². The zero-order chi connectivity index (χ0) is 11.1. The summed E-state index contributed by atoms with van der Waals surface area (Å²) in [5.74, 6) is 1.06. The third kappa shape index (κ3) is 4.40. The number of aliphatic imine (C=N–C) groups is 1. The third-order valence-electron chi connectivity index (χ3n) is 2.18. The molecule has 0 heterocycles. The van der Waals surface area contributed by atoms with Gasteiger partial charge in [0.2, 0.25) is 0 Å². The maximum atomic E-state index is 4.39. The van der Waals surface area contributed by atoms with Crippen molar-refractivity contribution in [2.45, 2.75) is 41.5 Å². The second-order valence-corrected chi connectivity index (χ2v) is 4.05. The lowest BCUT2D eigenvalue weighted by Crippen LogP contribution is -1.96.